The summed E-state index contributed by atoms with van der Waals surface area (Å²) in [5, 5.41) is 1.41. The molecule has 1 heterocycles. The van der Waals surface area contributed by atoms with Crippen LogP contribution in [0.1, 0.15) is 0 Å². The van der Waals surface area contributed by atoms with Crippen molar-refractivity contribution in [3.8, 4) is 0 Å². The molecule has 0 radical (unpaired) electrons. The van der Waals surface area contributed by atoms with E-state index in [0.29, 0.717) is 11.6 Å². The molecule has 1 aromatic rings. The monoisotopic (exact) mass is 225 g/mol. The number of rotatable bonds is 1. The maximum atomic E-state index is 5.95. The summed E-state index contributed by atoms with van der Waals surface area (Å²) in [4.78, 5) is 2.02. The summed E-state index contributed by atoms with van der Waals surface area (Å²) in [6, 6.07) is 10.0. The smallest absolute Gasteiger partial charge is 0.0584 e. The lowest BCUT2D eigenvalue weighted by Gasteiger charge is -2.23. The minimum Gasteiger partial charge on any atom is -0.341 e. The highest BCUT2D eigenvalue weighted by Crippen LogP contribution is 2.24. The molecule has 2 rings (SSSR count). The summed E-state index contributed by atoms with van der Waals surface area (Å²) in [6.45, 7) is 0.682. The highest BCUT2D eigenvalue weighted by Gasteiger charge is 2.10. The van der Waals surface area contributed by atoms with Crippen molar-refractivity contribution < 1.29 is 0 Å². The second-order valence-corrected chi connectivity index (χ2v) is 3.99. The van der Waals surface area contributed by atoms with Crippen LogP contribution in [-0.4, -0.2) is 6.54 Å². The maximum Gasteiger partial charge on any atom is 0.0584 e. The summed E-state index contributed by atoms with van der Waals surface area (Å²) >= 11 is 11.9. The van der Waals surface area contributed by atoms with Crippen molar-refractivity contribution in [3.63, 3.8) is 0 Å². The number of allylic oxidation sites excluding steroid dienone is 2. The highest BCUT2D eigenvalue weighted by atomic mass is 35.5. The second-order valence-electron chi connectivity index (χ2n) is 3.07. The number of hydrogen-bond acceptors (Lipinski definition) is 1. The van der Waals surface area contributed by atoms with Crippen molar-refractivity contribution in [1.29, 1.82) is 0 Å². The zero-order chi connectivity index (χ0) is 9.97. The summed E-state index contributed by atoms with van der Waals surface area (Å²) in [5.74, 6) is 0. The van der Waals surface area contributed by atoms with Gasteiger partial charge in [0.1, 0.15) is 0 Å². The van der Waals surface area contributed by atoms with Crippen molar-refractivity contribution >= 4 is 28.9 Å². The number of hydrogen-bond donors (Lipinski definition) is 0. The first-order chi connectivity index (χ1) is 6.75. The maximum absolute atomic E-state index is 5.95. The minimum atomic E-state index is 0.658. The predicted octanol–water partition coefficient (Wildman–Crippen LogP) is 3.71. The Bertz CT molecular complexity index is 382. The fourth-order valence-electron chi connectivity index (χ4n) is 1.38. The molecular weight excluding hydrogens is 217 g/mol. The Hall–Kier alpha value is -0.920. The van der Waals surface area contributed by atoms with Gasteiger partial charge >= 0.3 is 0 Å². The molecule has 1 aliphatic rings. The Balaban J connectivity index is 2.27. The highest BCUT2D eigenvalue weighted by molar-refractivity contribution is 6.35. The standard InChI is InChI=1S/C11H9Cl2N/c12-9-6-10(13)8-14(7-9)11-4-2-1-3-5-11/h1-7H,8H2. The van der Waals surface area contributed by atoms with E-state index in [9.17, 15) is 0 Å². The van der Waals surface area contributed by atoms with E-state index in [0.717, 1.165) is 10.7 Å². The van der Waals surface area contributed by atoms with Gasteiger partial charge in [-0.25, -0.2) is 0 Å². The topological polar surface area (TPSA) is 3.24 Å². The third-order valence-corrected chi connectivity index (χ3v) is 2.42. The van der Waals surface area contributed by atoms with E-state index < -0.39 is 0 Å². The Kier molecular flexibility index (Phi) is 2.80. The first kappa shape index (κ1) is 9.63. The molecule has 0 aliphatic carbocycles. The average molecular weight is 226 g/mol. The van der Waals surface area contributed by atoms with E-state index >= 15 is 0 Å². The number of anilines is 1. The van der Waals surface area contributed by atoms with Crippen molar-refractivity contribution in [2.45, 2.75) is 0 Å². The Labute approximate surface area is 93.2 Å². The van der Waals surface area contributed by atoms with Crippen LogP contribution in [0.2, 0.25) is 0 Å². The molecule has 0 aromatic heterocycles. The van der Waals surface area contributed by atoms with E-state index in [1.165, 1.54) is 0 Å². The molecule has 0 saturated heterocycles. The first-order valence-corrected chi connectivity index (χ1v) is 5.06. The molecule has 3 heteroatoms. The Morgan fingerprint density at radius 3 is 2.43 bits per heavy atom. The lowest BCUT2D eigenvalue weighted by molar-refractivity contribution is 1.05. The van der Waals surface area contributed by atoms with Gasteiger partial charge in [-0.15, -0.1) is 0 Å². The van der Waals surface area contributed by atoms with Gasteiger partial charge in [-0.05, 0) is 18.2 Å². The van der Waals surface area contributed by atoms with Crippen LogP contribution >= 0.6 is 23.2 Å². The number of halogens is 2. The number of benzene rings is 1. The summed E-state index contributed by atoms with van der Waals surface area (Å²) in [5.41, 5.74) is 1.09. The van der Waals surface area contributed by atoms with E-state index in [4.69, 9.17) is 23.2 Å². The predicted molar refractivity (Wildman–Crippen MR) is 61.7 cm³/mol. The molecule has 72 valence electrons. The minimum absolute atomic E-state index is 0.658. The molecule has 0 fully saturated rings. The Morgan fingerprint density at radius 1 is 1.07 bits per heavy atom. The van der Waals surface area contributed by atoms with Crippen LogP contribution in [-0.2, 0) is 0 Å². The van der Waals surface area contributed by atoms with Crippen LogP contribution in [0.25, 0.3) is 0 Å². The van der Waals surface area contributed by atoms with Crippen molar-refractivity contribution in [3.05, 3.63) is 52.7 Å². The molecule has 0 saturated carbocycles. The van der Waals surface area contributed by atoms with Crippen LogP contribution < -0.4 is 4.90 Å². The molecule has 0 N–H and O–H groups in total. The van der Waals surface area contributed by atoms with Crippen LogP contribution in [0.15, 0.2) is 52.7 Å². The first-order valence-electron chi connectivity index (χ1n) is 4.31. The summed E-state index contributed by atoms with van der Waals surface area (Å²) in [6.07, 6.45) is 3.64. The molecule has 1 aliphatic heterocycles. The van der Waals surface area contributed by atoms with Crippen molar-refractivity contribution in [2.24, 2.45) is 0 Å². The lowest BCUT2D eigenvalue weighted by Crippen LogP contribution is -2.20. The molecule has 1 nitrogen and oxygen atoms in total. The van der Waals surface area contributed by atoms with Gasteiger partial charge in [0.2, 0.25) is 0 Å². The molecule has 0 unspecified atom stereocenters. The van der Waals surface area contributed by atoms with E-state index in [1.54, 1.807) is 6.08 Å². The van der Waals surface area contributed by atoms with Gasteiger partial charge in [-0.2, -0.15) is 0 Å². The third kappa shape index (κ3) is 2.11. The van der Waals surface area contributed by atoms with Gasteiger partial charge in [0.15, 0.2) is 0 Å². The third-order valence-electron chi connectivity index (χ3n) is 1.98. The van der Waals surface area contributed by atoms with Crippen LogP contribution in [0.5, 0.6) is 0 Å². The number of nitrogens with zero attached hydrogens (tertiary/aromatic N) is 1. The molecule has 0 amide bonds. The molecular formula is C11H9Cl2N. The quantitative estimate of drug-likeness (QED) is 0.705. The molecule has 14 heavy (non-hydrogen) atoms. The normalized spacial score (nSPS) is 16.3. The van der Waals surface area contributed by atoms with Gasteiger partial charge in [-0.1, -0.05) is 41.4 Å². The van der Waals surface area contributed by atoms with Gasteiger partial charge in [-0.3, -0.25) is 0 Å². The van der Waals surface area contributed by atoms with Gasteiger partial charge < -0.3 is 4.90 Å². The average Bonchev–Trinajstić information content (AvgIpc) is 2.18. The van der Waals surface area contributed by atoms with Gasteiger partial charge in [0.25, 0.3) is 0 Å². The van der Waals surface area contributed by atoms with Crippen molar-refractivity contribution in [1.82, 2.24) is 0 Å². The van der Waals surface area contributed by atoms with E-state index in [1.807, 2.05) is 41.4 Å². The fourth-order valence-corrected chi connectivity index (χ4v) is 1.93. The molecule has 1 aromatic carbocycles. The van der Waals surface area contributed by atoms with E-state index in [-0.39, 0.29) is 0 Å². The van der Waals surface area contributed by atoms with Crippen LogP contribution in [0.4, 0.5) is 5.69 Å². The lowest BCUT2D eigenvalue weighted by atomic mass is 10.2. The van der Waals surface area contributed by atoms with Crippen LogP contribution in [0.3, 0.4) is 0 Å². The fraction of sp³-hybridized carbons (Fsp3) is 0.0909. The number of para-hydroxylation sites is 1. The largest absolute Gasteiger partial charge is 0.341 e. The zero-order valence-corrected chi connectivity index (χ0v) is 8.96. The summed E-state index contributed by atoms with van der Waals surface area (Å²) in [7, 11) is 0. The Morgan fingerprint density at radius 2 is 1.79 bits per heavy atom. The SMILES string of the molecule is ClC1=CN(c2ccccc2)CC(Cl)=C1. The summed E-state index contributed by atoms with van der Waals surface area (Å²) < 4.78 is 0. The second kappa shape index (κ2) is 4.07. The molecule has 0 spiro atoms. The molecule has 0 bridgehead atoms. The van der Waals surface area contributed by atoms with Crippen molar-refractivity contribution in [2.75, 3.05) is 11.4 Å². The van der Waals surface area contributed by atoms with Gasteiger partial charge in [0, 0.05) is 16.9 Å². The van der Waals surface area contributed by atoms with E-state index in [2.05, 4.69) is 0 Å². The van der Waals surface area contributed by atoms with Crippen LogP contribution in [0, 0.1) is 0 Å². The van der Waals surface area contributed by atoms with Gasteiger partial charge in [0.05, 0.1) is 11.6 Å². The molecule has 0 atom stereocenters. The zero-order valence-electron chi connectivity index (χ0n) is 7.45.